The Balaban J connectivity index is 1.62. The molecule has 1 fully saturated rings. The number of fused-ring (bicyclic) bond motifs is 1. The summed E-state index contributed by atoms with van der Waals surface area (Å²) in [5.41, 5.74) is 8.41. The highest BCUT2D eigenvalue weighted by Crippen LogP contribution is 2.33. The predicted octanol–water partition coefficient (Wildman–Crippen LogP) is 4.41. The van der Waals surface area contributed by atoms with Gasteiger partial charge in [0.05, 0.1) is 16.3 Å². The largest absolute Gasteiger partial charge is 0.381 e. The van der Waals surface area contributed by atoms with Crippen LogP contribution in [0.4, 0.5) is 11.4 Å². The number of hydrazine groups is 1. The number of hydrogen-bond donors (Lipinski definition) is 1. The number of aryl methyl sites for hydroxylation is 2. The number of hydrogen-bond acceptors (Lipinski definition) is 5. The Morgan fingerprint density at radius 3 is 2.44 bits per heavy atom. The summed E-state index contributed by atoms with van der Waals surface area (Å²) in [6, 6.07) is 11.5. The summed E-state index contributed by atoms with van der Waals surface area (Å²) in [6.07, 6.45) is 2.14. The summed E-state index contributed by atoms with van der Waals surface area (Å²) in [7, 11) is -3.68. The Morgan fingerprint density at radius 2 is 1.78 bits per heavy atom. The molecule has 6 nitrogen and oxygen atoms in total. The minimum atomic E-state index is -3.68. The number of sulfonamides is 1. The second-order valence-electron chi connectivity index (χ2n) is 9.57. The molecule has 1 saturated heterocycles. The number of rotatable bonds is 7. The molecule has 4 rings (SSSR count). The zero-order valence-corrected chi connectivity index (χ0v) is 20.4. The summed E-state index contributed by atoms with van der Waals surface area (Å²) in [6.45, 7) is 11.8. The van der Waals surface area contributed by atoms with Crippen molar-refractivity contribution in [1.29, 1.82) is 0 Å². The Hall–Kier alpha value is -2.09. The first-order valence-corrected chi connectivity index (χ1v) is 13.0. The second kappa shape index (κ2) is 9.41. The smallest absolute Gasteiger partial charge is 0.264 e. The number of nitrogens with one attached hydrogen (secondary N) is 1. The lowest BCUT2D eigenvalue weighted by Crippen LogP contribution is -2.38. The first-order valence-electron chi connectivity index (χ1n) is 11.6. The molecule has 0 saturated carbocycles. The van der Waals surface area contributed by atoms with Crippen molar-refractivity contribution in [2.45, 2.75) is 52.0 Å². The monoisotopic (exact) mass is 457 g/mol. The van der Waals surface area contributed by atoms with Crippen LogP contribution in [-0.4, -0.2) is 34.7 Å². The first kappa shape index (κ1) is 23.1. The van der Waals surface area contributed by atoms with E-state index in [0.29, 0.717) is 23.9 Å². The van der Waals surface area contributed by atoms with Crippen molar-refractivity contribution in [1.82, 2.24) is 5.43 Å². The normalized spacial score (nSPS) is 17.1. The molecule has 174 valence electrons. The van der Waals surface area contributed by atoms with Crippen molar-refractivity contribution in [3.63, 3.8) is 0 Å². The van der Waals surface area contributed by atoms with Crippen LogP contribution >= 0.6 is 0 Å². The summed E-state index contributed by atoms with van der Waals surface area (Å²) in [5, 5.41) is 2.18. The van der Waals surface area contributed by atoms with Crippen molar-refractivity contribution in [2.75, 3.05) is 35.6 Å². The highest BCUT2D eigenvalue weighted by atomic mass is 32.2. The van der Waals surface area contributed by atoms with Gasteiger partial charge in [-0.25, -0.2) is 13.8 Å². The molecule has 1 N–H and O–H groups in total. The molecule has 7 heteroatoms. The SMILES string of the molecule is Cc1cc(C)cc(N(CC(C)C)S(=O)(=O)c2ccc3c(c2)CNN3CC2CCOCC2)c1. The van der Waals surface area contributed by atoms with Gasteiger partial charge in [-0.15, -0.1) is 0 Å². The highest BCUT2D eigenvalue weighted by Gasteiger charge is 2.29. The fourth-order valence-electron chi connectivity index (χ4n) is 4.64. The Morgan fingerprint density at radius 1 is 1.09 bits per heavy atom. The molecule has 2 aromatic rings. The van der Waals surface area contributed by atoms with Crippen LogP contribution in [0.1, 0.15) is 43.4 Å². The van der Waals surface area contributed by atoms with E-state index in [0.717, 1.165) is 60.7 Å². The van der Waals surface area contributed by atoms with Gasteiger partial charge in [0.15, 0.2) is 0 Å². The maximum atomic E-state index is 13.8. The third kappa shape index (κ3) is 4.95. The van der Waals surface area contributed by atoms with Crippen LogP contribution in [0, 0.1) is 25.7 Å². The van der Waals surface area contributed by atoms with E-state index in [2.05, 4.69) is 16.5 Å². The van der Waals surface area contributed by atoms with Crippen molar-refractivity contribution in [3.05, 3.63) is 53.1 Å². The van der Waals surface area contributed by atoms with E-state index < -0.39 is 10.0 Å². The van der Waals surface area contributed by atoms with Crippen molar-refractivity contribution in [2.24, 2.45) is 11.8 Å². The van der Waals surface area contributed by atoms with Crippen LogP contribution < -0.4 is 14.7 Å². The lowest BCUT2D eigenvalue weighted by molar-refractivity contribution is 0.0677. The molecule has 2 aromatic carbocycles. The summed E-state index contributed by atoms with van der Waals surface area (Å²) in [4.78, 5) is 0.353. The average Bonchev–Trinajstić information content (AvgIpc) is 3.14. The zero-order valence-electron chi connectivity index (χ0n) is 19.6. The number of ether oxygens (including phenoxy) is 1. The zero-order chi connectivity index (χ0) is 22.9. The van der Waals surface area contributed by atoms with E-state index >= 15 is 0 Å². The summed E-state index contributed by atoms with van der Waals surface area (Å²) >= 11 is 0. The summed E-state index contributed by atoms with van der Waals surface area (Å²) < 4.78 is 34.6. The van der Waals surface area contributed by atoms with E-state index in [9.17, 15) is 8.42 Å². The van der Waals surface area contributed by atoms with Crippen molar-refractivity contribution in [3.8, 4) is 0 Å². The molecule has 32 heavy (non-hydrogen) atoms. The molecule has 0 atom stereocenters. The molecule has 0 aromatic heterocycles. The number of nitrogens with zero attached hydrogens (tertiary/aromatic N) is 2. The molecule has 2 heterocycles. The molecule has 0 radical (unpaired) electrons. The van der Waals surface area contributed by atoms with E-state index in [-0.39, 0.29) is 5.92 Å². The van der Waals surface area contributed by atoms with Gasteiger partial charge in [0, 0.05) is 32.8 Å². The molecule has 0 unspecified atom stereocenters. The summed E-state index contributed by atoms with van der Waals surface area (Å²) in [5.74, 6) is 0.799. The predicted molar refractivity (Wildman–Crippen MR) is 129 cm³/mol. The van der Waals surface area contributed by atoms with E-state index in [4.69, 9.17) is 4.74 Å². The second-order valence-corrected chi connectivity index (χ2v) is 11.4. The van der Waals surface area contributed by atoms with Gasteiger partial charge in [0.2, 0.25) is 0 Å². The van der Waals surface area contributed by atoms with Crippen LogP contribution in [0.15, 0.2) is 41.3 Å². The van der Waals surface area contributed by atoms with Crippen LogP contribution in [0.25, 0.3) is 0 Å². The third-order valence-electron chi connectivity index (χ3n) is 6.20. The van der Waals surface area contributed by atoms with E-state index in [1.165, 1.54) is 0 Å². The Labute approximate surface area is 192 Å². The van der Waals surface area contributed by atoms with Gasteiger partial charge in [-0.05, 0) is 85.5 Å². The van der Waals surface area contributed by atoms with Crippen LogP contribution in [-0.2, 0) is 21.3 Å². The van der Waals surface area contributed by atoms with Gasteiger partial charge in [-0.2, -0.15) is 0 Å². The molecule has 2 aliphatic rings. The van der Waals surface area contributed by atoms with Crippen molar-refractivity contribution >= 4 is 21.4 Å². The molecular weight excluding hydrogens is 422 g/mol. The van der Waals surface area contributed by atoms with Gasteiger partial charge in [-0.1, -0.05) is 19.9 Å². The fourth-order valence-corrected chi connectivity index (χ4v) is 6.30. The quantitative estimate of drug-likeness (QED) is 0.668. The lowest BCUT2D eigenvalue weighted by atomic mass is 10.00. The molecule has 0 aliphatic carbocycles. The van der Waals surface area contributed by atoms with Gasteiger partial charge < -0.3 is 9.75 Å². The maximum Gasteiger partial charge on any atom is 0.264 e. The fraction of sp³-hybridized carbons (Fsp3) is 0.520. The van der Waals surface area contributed by atoms with Gasteiger partial charge in [0.25, 0.3) is 10.0 Å². The maximum absolute atomic E-state index is 13.8. The molecular formula is C25H35N3O3S. The first-order chi connectivity index (χ1) is 15.2. The minimum absolute atomic E-state index is 0.205. The molecule has 0 bridgehead atoms. The molecule has 0 spiro atoms. The number of benzene rings is 2. The minimum Gasteiger partial charge on any atom is -0.381 e. The Kier molecular flexibility index (Phi) is 6.79. The Bertz CT molecular complexity index is 1040. The lowest BCUT2D eigenvalue weighted by Gasteiger charge is -2.29. The topological polar surface area (TPSA) is 61.9 Å². The van der Waals surface area contributed by atoms with Crippen molar-refractivity contribution < 1.29 is 13.2 Å². The van der Waals surface area contributed by atoms with Gasteiger partial charge in [0.1, 0.15) is 0 Å². The van der Waals surface area contributed by atoms with Gasteiger partial charge in [-0.3, -0.25) is 4.31 Å². The standard InChI is InChI=1S/C25H35N3O3S/c1-18(2)16-28(23-12-19(3)11-20(4)13-23)32(29,30)24-5-6-25-22(14-24)15-26-27(25)17-21-7-9-31-10-8-21/h5-6,11-14,18,21,26H,7-10,15-17H2,1-4H3. The molecule has 0 amide bonds. The highest BCUT2D eigenvalue weighted by molar-refractivity contribution is 7.92. The van der Waals surface area contributed by atoms with Crippen LogP contribution in [0.2, 0.25) is 0 Å². The third-order valence-corrected chi connectivity index (χ3v) is 7.99. The van der Waals surface area contributed by atoms with E-state index in [1.54, 1.807) is 10.4 Å². The van der Waals surface area contributed by atoms with Gasteiger partial charge >= 0.3 is 0 Å². The van der Waals surface area contributed by atoms with Crippen LogP contribution in [0.3, 0.4) is 0 Å². The van der Waals surface area contributed by atoms with E-state index in [1.807, 2.05) is 52.0 Å². The van der Waals surface area contributed by atoms with Crippen LogP contribution in [0.5, 0.6) is 0 Å². The average molecular weight is 458 g/mol. The number of anilines is 2. The molecule has 2 aliphatic heterocycles.